The first-order valence-electron chi connectivity index (χ1n) is 9.32. The molecular formula is C21H21N3O5S2. The monoisotopic (exact) mass is 459 g/mol. The van der Waals surface area contributed by atoms with E-state index in [1.807, 2.05) is 42.6 Å². The first-order chi connectivity index (χ1) is 14.7. The summed E-state index contributed by atoms with van der Waals surface area (Å²) >= 11 is 1.34. The SMILES string of the molecule is Cc1ccc(-c2ccsc2C(=O)NCCNc2ccc(S(C)(=O)=O)cc2[N+](=O)[O-])cc1. The topological polar surface area (TPSA) is 118 Å². The number of sulfone groups is 1. The Bertz CT molecular complexity index is 1220. The fraction of sp³-hybridized carbons (Fsp3) is 0.190. The number of amides is 1. The molecule has 1 amide bonds. The Hall–Kier alpha value is -3.24. The molecule has 3 aromatic rings. The minimum absolute atomic E-state index is 0.126. The smallest absolute Gasteiger partial charge is 0.293 e. The lowest BCUT2D eigenvalue weighted by Crippen LogP contribution is -2.28. The predicted molar refractivity (Wildman–Crippen MR) is 122 cm³/mol. The van der Waals surface area contributed by atoms with Gasteiger partial charge in [0.15, 0.2) is 9.84 Å². The van der Waals surface area contributed by atoms with Gasteiger partial charge in [0.1, 0.15) is 5.69 Å². The number of carbonyl (C=O) groups excluding carboxylic acids is 1. The molecular weight excluding hydrogens is 438 g/mol. The summed E-state index contributed by atoms with van der Waals surface area (Å²) in [6, 6.07) is 13.5. The fourth-order valence-electron chi connectivity index (χ4n) is 2.94. The Morgan fingerprint density at radius 1 is 1.10 bits per heavy atom. The van der Waals surface area contributed by atoms with Crippen LogP contribution >= 0.6 is 11.3 Å². The number of nitro benzene ring substituents is 1. The molecule has 0 saturated carbocycles. The van der Waals surface area contributed by atoms with Gasteiger partial charge in [-0.05, 0) is 36.1 Å². The summed E-state index contributed by atoms with van der Waals surface area (Å²) in [5, 5.41) is 18.8. The molecule has 0 atom stereocenters. The first-order valence-corrected chi connectivity index (χ1v) is 12.1. The molecule has 0 aliphatic rings. The van der Waals surface area contributed by atoms with Crippen molar-refractivity contribution in [2.24, 2.45) is 0 Å². The maximum atomic E-state index is 12.6. The van der Waals surface area contributed by atoms with E-state index in [0.29, 0.717) is 4.88 Å². The van der Waals surface area contributed by atoms with E-state index in [1.165, 1.54) is 23.5 Å². The van der Waals surface area contributed by atoms with Crippen LogP contribution < -0.4 is 10.6 Å². The molecule has 0 fully saturated rings. The van der Waals surface area contributed by atoms with Crippen LogP contribution in [0.2, 0.25) is 0 Å². The van der Waals surface area contributed by atoms with Gasteiger partial charge in [-0.2, -0.15) is 0 Å². The van der Waals surface area contributed by atoms with E-state index in [4.69, 9.17) is 0 Å². The first kappa shape index (κ1) is 22.4. The minimum atomic E-state index is -3.55. The summed E-state index contributed by atoms with van der Waals surface area (Å²) in [6.45, 7) is 2.46. The van der Waals surface area contributed by atoms with Crippen molar-refractivity contribution in [1.29, 1.82) is 0 Å². The number of hydrogen-bond acceptors (Lipinski definition) is 7. The quantitative estimate of drug-likeness (QED) is 0.300. The van der Waals surface area contributed by atoms with Gasteiger partial charge in [0.2, 0.25) is 0 Å². The molecule has 10 heteroatoms. The molecule has 0 radical (unpaired) electrons. The number of aryl methyl sites for hydroxylation is 1. The van der Waals surface area contributed by atoms with Crippen molar-refractivity contribution in [3.05, 3.63) is 74.5 Å². The van der Waals surface area contributed by atoms with Gasteiger partial charge in [-0.25, -0.2) is 8.42 Å². The number of thiophene rings is 1. The predicted octanol–water partition coefficient (Wildman–Crippen LogP) is 3.88. The van der Waals surface area contributed by atoms with Gasteiger partial charge in [-0.3, -0.25) is 14.9 Å². The van der Waals surface area contributed by atoms with E-state index < -0.39 is 14.8 Å². The number of benzene rings is 2. The standard InChI is InChI=1S/C21H21N3O5S2/c1-14-3-5-15(6-4-14)17-9-12-30-20(17)21(25)23-11-10-22-18-8-7-16(31(2,28)29)13-19(18)24(26)27/h3-9,12-13,22H,10-11H2,1-2H3,(H,23,25). The summed E-state index contributed by atoms with van der Waals surface area (Å²) in [7, 11) is -3.55. The van der Waals surface area contributed by atoms with Crippen LogP contribution in [-0.2, 0) is 9.84 Å². The Morgan fingerprint density at radius 2 is 1.81 bits per heavy atom. The highest BCUT2D eigenvalue weighted by molar-refractivity contribution is 7.90. The number of hydrogen-bond donors (Lipinski definition) is 2. The average Bonchev–Trinajstić information content (AvgIpc) is 3.20. The highest BCUT2D eigenvalue weighted by Crippen LogP contribution is 2.29. The molecule has 0 spiro atoms. The third-order valence-corrected chi connectivity index (χ3v) is 6.58. The molecule has 0 aliphatic heterocycles. The zero-order valence-corrected chi connectivity index (χ0v) is 18.5. The molecule has 8 nitrogen and oxygen atoms in total. The number of rotatable bonds is 8. The van der Waals surface area contributed by atoms with E-state index >= 15 is 0 Å². The molecule has 2 N–H and O–H groups in total. The van der Waals surface area contributed by atoms with Crippen molar-refractivity contribution in [2.75, 3.05) is 24.7 Å². The average molecular weight is 460 g/mol. The number of anilines is 1. The lowest BCUT2D eigenvalue weighted by molar-refractivity contribution is -0.384. The molecule has 0 unspecified atom stereocenters. The van der Waals surface area contributed by atoms with Crippen LogP contribution in [-0.4, -0.2) is 38.6 Å². The van der Waals surface area contributed by atoms with Crippen molar-refractivity contribution >= 4 is 38.5 Å². The van der Waals surface area contributed by atoms with Crippen LogP contribution in [0, 0.1) is 17.0 Å². The van der Waals surface area contributed by atoms with Gasteiger partial charge < -0.3 is 10.6 Å². The highest BCUT2D eigenvalue weighted by Gasteiger charge is 2.19. The van der Waals surface area contributed by atoms with E-state index in [1.54, 1.807) is 0 Å². The van der Waals surface area contributed by atoms with E-state index in [9.17, 15) is 23.3 Å². The van der Waals surface area contributed by atoms with Crippen LogP contribution in [0.1, 0.15) is 15.2 Å². The van der Waals surface area contributed by atoms with Crippen molar-refractivity contribution in [1.82, 2.24) is 5.32 Å². The summed E-state index contributed by atoms with van der Waals surface area (Å²) in [4.78, 5) is 23.7. The summed E-state index contributed by atoms with van der Waals surface area (Å²) < 4.78 is 23.2. The van der Waals surface area contributed by atoms with Crippen molar-refractivity contribution in [3.8, 4) is 11.1 Å². The molecule has 0 saturated heterocycles. The lowest BCUT2D eigenvalue weighted by atomic mass is 10.0. The normalized spacial score (nSPS) is 11.2. The van der Waals surface area contributed by atoms with Gasteiger partial charge in [-0.1, -0.05) is 29.8 Å². The van der Waals surface area contributed by atoms with Gasteiger partial charge in [0.25, 0.3) is 11.6 Å². The Balaban J connectivity index is 1.63. The summed E-state index contributed by atoms with van der Waals surface area (Å²) in [5.41, 5.74) is 2.78. The van der Waals surface area contributed by atoms with Crippen molar-refractivity contribution in [2.45, 2.75) is 11.8 Å². The number of nitro groups is 1. The van der Waals surface area contributed by atoms with Crippen LogP contribution in [0.5, 0.6) is 0 Å². The molecule has 162 valence electrons. The van der Waals surface area contributed by atoms with Crippen molar-refractivity contribution in [3.63, 3.8) is 0 Å². The molecule has 0 aliphatic carbocycles. The van der Waals surface area contributed by atoms with Gasteiger partial charge in [0.05, 0.1) is 14.7 Å². The molecule has 2 aromatic carbocycles. The van der Waals surface area contributed by atoms with Crippen LogP contribution in [0.15, 0.2) is 58.8 Å². The second kappa shape index (κ2) is 9.27. The van der Waals surface area contributed by atoms with E-state index in [2.05, 4.69) is 10.6 Å². The highest BCUT2D eigenvalue weighted by atomic mass is 32.2. The Labute approximate surface area is 184 Å². The molecule has 0 bridgehead atoms. The second-order valence-electron chi connectivity index (χ2n) is 6.92. The van der Waals surface area contributed by atoms with Gasteiger partial charge in [-0.15, -0.1) is 11.3 Å². The maximum absolute atomic E-state index is 12.6. The number of nitrogens with zero attached hydrogens (tertiary/aromatic N) is 1. The third kappa shape index (κ3) is 5.47. The summed E-state index contributed by atoms with van der Waals surface area (Å²) in [5.74, 6) is -0.228. The van der Waals surface area contributed by atoms with Crippen LogP contribution in [0.3, 0.4) is 0 Å². The lowest BCUT2D eigenvalue weighted by Gasteiger charge is -2.10. The zero-order valence-electron chi connectivity index (χ0n) is 16.9. The zero-order chi connectivity index (χ0) is 22.6. The molecule has 31 heavy (non-hydrogen) atoms. The molecule has 3 rings (SSSR count). The Kier molecular flexibility index (Phi) is 6.71. The second-order valence-corrected chi connectivity index (χ2v) is 9.85. The minimum Gasteiger partial charge on any atom is -0.378 e. The van der Waals surface area contributed by atoms with Gasteiger partial charge >= 0.3 is 0 Å². The van der Waals surface area contributed by atoms with E-state index in [0.717, 1.165) is 29.0 Å². The summed E-state index contributed by atoms with van der Waals surface area (Å²) in [6.07, 6.45) is 0.990. The maximum Gasteiger partial charge on any atom is 0.293 e. The molecule has 1 aromatic heterocycles. The van der Waals surface area contributed by atoms with E-state index in [-0.39, 0.29) is 35.3 Å². The number of carbonyl (C=O) groups is 1. The third-order valence-electron chi connectivity index (χ3n) is 4.55. The van der Waals surface area contributed by atoms with Crippen molar-refractivity contribution < 1.29 is 18.1 Å². The van der Waals surface area contributed by atoms with Crippen LogP contribution in [0.25, 0.3) is 11.1 Å². The fourth-order valence-corrected chi connectivity index (χ4v) is 4.41. The Morgan fingerprint density at radius 3 is 2.45 bits per heavy atom. The number of nitrogens with one attached hydrogen (secondary N) is 2. The molecule has 1 heterocycles. The largest absolute Gasteiger partial charge is 0.378 e. The van der Waals surface area contributed by atoms with Crippen LogP contribution in [0.4, 0.5) is 11.4 Å². The van der Waals surface area contributed by atoms with Gasteiger partial charge in [0, 0.05) is 31.0 Å².